The molecule has 0 saturated carbocycles. The summed E-state index contributed by atoms with van der Waals surface area (Å²) in [5.41, 5.74) is 4.37. The quantitative estimate of drug-likeness (QED) is 0.196. The number of rotatable bonds is 10. The lowest BCUT2D eigenvalue weighted by molar-refractivity contribution is 0.0772. The molecule has 0 radical (unpaired) electrons. The Labute approximate surface area is 238 Å². The second-order valence-electron chi connectivity index (χ2n) is 9.41. The molecule has 8 nitrogen and oxygen atoms in total. The number of aryl methyl sites for hydroxylation is 1. The minimum absolute atomic E-state index is 0.0920. The first-order chi connectivity index (χ1) is 19.0. The number of hydrogen-bond acceptors (Lipinski definition) is 8. The summed E-state index contributed by atoms with van der Waals surface area (Å²) in [7, 11) is 0. The number of pyridine rings is 1. The molecule has 0 unspecified atom stereocenters. The van der Waals surface area contributed by atoms with E-state index in [9.17, 15) is 4.79 Å². The van der Waals surface area contributed by atoms with Crippen molar-refractivity contribution >= 4 is 63.3 Å². The zero-order valence-corrected chi connectivity index (χ0v) is 23.5. The van der Waals surface area contributed by atoms with Gasteiger partial charge in [-0.25, -0.2) is 4.98 Å². The van der Waals surface area contributed by atoms with Gasteiger partial charge in [-0.05, 0) is 68.3 Å². The van der Waals surface area contributed by atoms with Crippen LogP contribution < -0.4 is 16.0 Å². The molecular formula is C29H32ClN7OS. The lowest BCUT2D eigenvalue weighted by Gasteiger charge is -2.26. The Bertz CT molecular complexity index is 1430. The van der Waals surface area contributed by atoms with Crippen molar-refractivity contribution in [1.29, 1.82) is 0 Å². The fourth-order valence-corrected chi connectivity index (χ4v) is 5.52. The zero-order chi connectivity index (χ0) is 27.0. The van der Waals surface area contributed by atoms with Crippen molar-refractivity contribution < 1.29 is 4.79 Å². The molecule has 1 fully saturated rings. The van der Waals surface area contributed by atoms with Crippen molar-refractivity contribution in [2.45, 2.75) is 19.8 Å². The lowest BCUT2D eigenvalue weighted by Crippen LogP contribution is -2.37. The number of fused-ring (bicyclic) bond motifs is 1. The van der Waals surface area contributed by atoms with Crippen LogP contribution in [0.25, 0.3) is 10.9 Å². The van der Waals surface area contributed by atoms with Gasteiger partial charge in [0, 0.05) is 83.0 Å². The molecule has 0 aliphatic carbocycles. The van der Waals surface area contributed by atoms with Gasteiger partial charge in [0.2, 0.25) is 5.95 Å². The number of aromatic nitrogens is 3. The molecule has 39 heavy (non-hydrogen) atoms. The number of carbonyl (C=O) groups excluding carboxylic acids is 1. The van der Waals surface area contributed by atoms with Crippen LogP contribution in [0.1, 0.15) is 28.9 Å². The maximum absolute atomic E-state index is 12.7. The van der Waals surface area contributed by atoms with Crippen LogP contribution in [0.4, 0.5) is 23.1 Å². The molecule has 1 saturated heterocycles. The van der Waals surface area contributed by atoms with Crippen LogP contribution in [0.5, 0.6) is 0 Å². The fourth-order valence-electron chi connectivity index (χ4n) is 4.45. The number of carbonyl (C=O) groups is 1. The SMILES string of the molecule is Cc1cc(NCCCCNc2ccnc3cc(Cl)ccc23)nc(Nc2ccc(C(=O)N3CCSCC3)cc2)n1. The highest BCUT2D eigenvalue weighted by Crippen LogP contribution is 2.24. The van der Waals surface area contributed by atoms with Gasteiger partial charge in [-0.1, -0.05) is 11.6 Å². The van der Waals surface area contributed by atoms with Crippen molar-refractivity contribution in [3.63, 3.8) is 0 Å². The second-order valence-corrected chi connectivity index (χ2v) is 11.1. The van der Waals surface area contributed by atoms with Gasteiger partial charge in [0.1, 0.15) is 5.82 Å². The largest absolute Gasteiger partial charge is 0.384 e. The molecule has 0 spiro atoms. The highest BCUT2D eigenvalue weighted by atomic mass is 35.5. The minimum Gasteiger partial charge on any atom is -0.384 e. The number of thioether (sulfide) groups is 1. The summed E-state index contributed by atoms with van der Waals surface area (Å²) in [6, 6.07) is 17.2. The topological polar surface area (TPSA) is 95.1 Å². The summed E-state index contributed by atoms with van der Waals surface area (Å²) < 4.78 is 0. The third-order valence-electron chi connectivity index (χ3n) is 6.47. The van der Waals surface area contributed by atoms with Crippen molar-refractivity contribution in [2.24, 2.45) is 0 Å². The van der Waals surface area contributed by atoms with Crippen LogP contribution >= 0.6 is 23.4 Å². The van der Waals surface area contributed by atoms with E-state index in [4.69, 9.17) is 11.6 Å². The van der Waals surface area contributed by atoms with Crippen LogP contribution in [0.15, 0.2) is 60.8 Å². The van der Waals surface area contributed by atoms with Crippen LogP contribution in [-0.2, 0) is 0 Å². The molecule has 3 N–H and O–H groups in total. The smallest absolute Gasteiger partial charge is 0.253 e. The monoisotopic (exact) mass is 561 g/mol. The summed E-state index contributed by atoms with van der Waals surface area (Å²) in [6.07, 6.45) is 3.79. The number of hydrogen-bond donors (Lipinski definition) is 3. The fraction of sp³-hybridized carbons (Fsp3) is 0.310. The molecule has 1 aliphatic heterocycles. The van der Waals surface area contributed by atoms with Crippen LogP contribution in [-0.4, -0.2) is 63.4 Å². The molecule has 0 bridgehead atoms. The average Bonchev–Trinajstić information content (AvgIpc) is 2.95. The Morgan fingerprint density at radius 3 is 2.54 bits per heavy atom. The molecule has 2 aromatic carbocycles. The van der Waals surface area contributed by atoms with Gasteiger partial charge in [-0.15, -0.1) is 0 Å². The molecule has 0 atom stereocenters. The standard InChI is InChI=1S/C29H32ClN7OS/c1-20-18-27(33-12-3-2-11-31-25-10-13-32-26-19-22(30)6-9-24(25)26)36-29(34-20)35-23-7-4-21(5-8-23)28(38)37-14-16-39-17-15-37/h4-10,13,18-19H,2-3,11-12,14-17H2,1H3,(H,31,32)(H2,33,34,35,36). The summed E-state index contributed by atoms with van der Waals surface area (Å²) in [6.45, 7) is 5.23. The first-order valence-corrected chi connectivity index (χ1v) is 14.7. The first kappa shape index (κ1) is 27.0. The Balaban J connectivity index is 1.09. The maximum Gasteiger partial charge on any atom is 0.253 e. The first-order valence-electron chi connectivity index (χ1n) is 13.2. The van der Waals surface area contributed by atoms with Crippen molar-refractivity contribution in [3.05, 3.63) is 77.1 Å². The highest BCUT2D eigenvalue weighted by molar-refractivity contribution is 7.99. The third kappa shape index (κ3) is 7.30. The van der Waals surface area contributed by atoms with E-state index in [-0.39, 0.29) is 5.91 Å². The highest BCUT2D eigenvalue weighted by Gasteiger charge is 2.18. The lowest BCUT2D eigenvalue weighted by atomic mass is 10.2. The van der Waals surface area contributed by atoms with E-state index in [1.807, 2.05) is 78.2 Å². The molecule has 1 amide bonds. The van der Waals surface area contributed by atoms with Crippen molar-refractivity contribution in [3.8, 4) is 0 Å². The van der Waals surface area contributed by atoms with Gasteiger partial charge in [0.05, 0.1) is 5.52 Å². The summed E-state index contributed by atoms with van der Waals surface area (Å²) >= 11 is 7.98. The summed E-state index contributed by atoms with van der Waals surface area (Å²) in [5, 5.41) is 11.9. The van der Waals surface area contributed by atoms with Gasteiger partial charge in [0.25, 0.3) is 5.91 Å². The Morgan fingerprint density at radius 1 is 0.974 bits per heavy atom. The average molecular weight is 562 g/mol. The number of anilines is 4. The third-order valence-corrected chi connectivity index (χ3v) is 7.65. The van der Waals surface area contributed by atoms with E-state index >= 15 is 0 Å². The van der Waals surface area contributed by atoms with Crippen molar-refractivity contribution in [2.75, 3.05) is 53.6 Å². The number of nitrogens with one attached hydrogen (secondary N) is 3. The number of benzene rings is 2. The van der Waals surface area contributed by atoms with E-state index in [0.29, 0.717) is 16.5 Å². The van der Waals surface area contributed by atoms with Crippen LogP contribution in [0.3, 0.4) is 0 Å². The molecular weight excluding hydrogens is 530 g/mol. The summed E-state index contributed by atoms with van der Waals surface area (Å²) in [5.74, 6) is 3.40. The molecule has 10 heteroatoms. The van der Waals surface area contributed by atoms with Gasteiger partial charge in [-0.2, -0.15) is 16.7 Å². The molecule has 3 heterocycles. The van der Waals surface area contributed by atoms with E-state index in [1.165, 1.54) is 0 Å². The second kappa shape index (κ2) is 13.0. The predicted octanol–water partition coefficient (Wildman–Crippen LogP) is 6.22. The van der Waals surface area contributed by atoms with Crippen molar-refractivity contribution in [1.82, 2.24) is 19.9 Å². The number of unbranched alkanes of at least 4 members (excludes halogenated alkanes) is 1. The Morgan fingerprint density at radius 2 is 1.74 bits per heavy atom. The van der Waals surface area contributed by atoms with Gasteiger partial charge in [-0.3, -0.25) is 9.78 Å². The molecule has 5 rings (SSSR count). The molecule has 4 aromatic rings. The van der Waals surface area contributed by atoms with Crippen LogP contribution in [0, 0.1) is 6.92 Å². The van der Waals surface area contributed by atoms with Gasteiger partial charge >= 0.3 is 0 Å². The van der Waals surface area contributed by atoms with E-state index in [0.717, 1.165) is 84.3 Å². The number of amides is 1. The molecule has 1 aliphatic rings. The molecule has 2 aromatic heterocycles. The van der Waals surface area contributed by atoms with E-state index in [1.54, 1.807) is 6.20 Å². The van der Waals surface area contributed by atoms with E-state index in [2.05, 4.69) is 30.9 Å². The van der Waals surface area contributed by atoms with Gasteiger partial charge < -0.3 is 20.9 Å². The van der Waals surface area contributed by atoms with Crippen LogP contribution in [0.2, 0.25) is 5.02 Å². The molecule has 202 valence electrons. The Kier molecular flexibility index (Phi) is 9.00. The Hall–Kier alpha value is -3.56. The number of halogens is 1. The number of nitrogens with zero attached hydrogens (tertiary/aromatic N) is 4. The summed E-state index contributed by atoms with van der Waals surface area (Å²) in [4.78, 5) is 28.2. The maximum atomic E-state index is 12.7. The zero-order valence-electron chi connectivity index (χ0n) is 21.9. The predicted molar refractivity (Wildman–Crippen MR) is 163 cm³/mol. The minimum atomic E-state index is 0.0920. The van der Waals surface area contributed by atoms with E-state index < -0.39 is 0 Å². The van der Waals surface area contributed by atoms with Gasteiger partial charge in [0.15, 0.2) is 0 Å². The normalized spacial score (nSPS) is 13.3.